The van der Waals surface area contributed by atoms with Crippen LogP contribution in [0.3, 0.4) is 0 Å². The van der Waals surface area contributed by atoms with Gasteiger partial charge in [-0.05, 0) is 39.3 Å². The minimum atomic E-state index is -1.04. The molecule has 0 aliphatic carbocycles. The molecule has 0 radical (unpaired) electrons. The van der Waals surface area contributed by atoms with Gasteiger partial charge < -0.3 is 14.7 Å². The molecule has 1 saturated heterocycles. The molecule has 1 fully saturated rings. The van der Waals surface area contributed by atoms with E-state index in [-0.39, 0.29) is 13.1 Å². The molecule has 2 unspecified atom stereocenters. The van der Waals surface area contributed by atoms with Crippen LogP contribution in [0.5, 0.6) is 0 Å². The molecule has 0 spiro atoms. The second kappa shape index (κ2) is 6.18. The third kappa shape index (κ3) is 4.00. The monoisotopic (exact) mass is 323 g/mol. The molecule has 5 nitrogen and oxygen atoms in total. The number of aryl methyl sites for hydroxylation is 1. The van der Waals surface area contributed by atoms with E-state index in [0.29, 0.717) is 5.56 Å². The van der Waals surface area contributed by atoms with Crippen molar-refractivity contribution in [2.75, 3.05) is 13.1 Å². The number of hydrogen-bond acceptors (Lipinski definition) is 3. The summed E-state index contributed by atoms with van der Waals surface area (Å²) in [6.45, 7) is 7.20. The van der Waals surface area contributed by atoms with Crippen molar-refractivity contribution in [3.8, 4) is 0 Å². The standard InChI is InChI=1S/C17H22FNO4/c1-10-5-6-14(18)11(7-10)12-8-19(9-13(12)15(20)21)16(22)23-17(2,3)4/h5-7,12-13H,8-9H2,1-4H3,(H,20,21). The summed E-state index contributed by atoms with van der Waals surface area (Å²) in [5, 5.41) is 9.44. The van der Waals surface area contributed by atoms with Gasteiger partial charge in [0.15, 0.2) is 0 Å². The van der Waals surface area contributed by atoms with E-state index in [0.717, 1.165) is 5.56 Å². The summed E-state index contributed by atoms with van der Waals surface area (Å²) in [7, 11) is 0. The number of ether oxygens (including phenoxy) is 1. The van der Waals surface area contributed by atoms with Crippen LogP contribution >= 0.6 is 0 Å². The third-order valence-corrected chi connectivity index (χ3v) is 3.84. The lowest BCUT2D eigenvalue weighted by atomic mass is 9.88. The fourth-order valence-electron chi connectivity index (χ4n) is 2.79. The number of hydrogen-bond donors (Lipinski definition) is 1. The van der Waals surface area contributed by atoms with Gasteiger partial charge in [0, 0.05) is 19.0 Å². The van der Waals surface area contributed by atoms with Crippen LogP contribution < -0.4 is 0 Å². The molecule has 1 N–H and O–H groups in total. The Bertz CT molecular complexity index is 624. The normalized spacial score (nSPS) is 21.3. The smallest absolute Gasteiger partial charge is 0.410 e. The van der Waals surface area contributed by atoms with E-state index in [1.54, 1.807) is 32.9 Å². The zero-order chi connectivity index (χ0) is 17.4. The minimum Gasteiger partial charge on any atom is -0.481 e. The highest BCUT2D eigenvalue weighted by Gasteiger charge is 2.42. The maximum absolute atomic E-state index is 14.1. The van der Waals surface area contributed by atoms with Crippen LogP contribution in [0.1, 0.15) is 37.8 Å². The molecular weight excluding hydrogens is 301 g/mol. The number of amides is 1. The first-order chi connectivity index (χ1) is 10.6. The Morgan fingerprint density at radius 2 is 1.96 bits per heavy atom. The van der Waals surface area contributed by atoms with Crippen LogP contribution in [0.2, 0.25) is 0 Å². The lowest BCUT2D eigenvalue weighted by molar-refractivity contribution is -0.141. The van der Waals surface area contributed by atoms with Crippen LogP contribution in [0.4, 0.5) is 9.18 Å². The molecule has 0 bridgehead atoms. The van der Waals surface area contributed by atoms with Crippen LogP contribution in [0.15, 0.2) is 18.2 Å². The quantitative estimate of drug-likeness (QED) is 0.908. The second-order valence-corrected chi connectivity index (χ2v) is 6.96. The molecular formula is C17H22FNO4. The van der Waals surface area contributed by atoms with Crippen LogP contribution in [0.25, 0.3) is 0 Å². The molecule has 2 atom stereocenters. The predicted molar refractivity (Wildman–Crippen MR) is 82.8 cm³/mol. The fraction of sp³-hybridized carbons (Fsp3) is 0.529. The number of benzene rings is 1. The number of carboxylic acids is 1. The first kappa shape index (κ1) is 17.2. The number of carbonyl (C=O) groups excluding carboxylic acids is 1. The molecule has 6 heteroatoms. The van der Waals surface area contributed by atoms with Crippen molar-refractivity contribution < 1.29 is 23.8 Å². The number of carboxylic acid groups (broad SMARTS) is 1. The molecule has 1 aliphatic heterocycles. The summed E-state index contributed by atoms with van der Waals surface area (Å²) >= 11 is 0. The van der Waals surface area contributed by atoms with E-state index in [1.807, 2.05) is 6.92 Å². The van der Waals surface area contributed by atoms with Gasteiger partial charge in [0.2, 0.25) is 0 Å². The Balaban J connectivity index is 2.27. The highest BCUT2D eigenvalue weighted by molar-refractivity contribution is 5.76. The zero-order valence-electron chi connectivity index (χ0n) is 13.8. The van der Waals surface area contributed by atoms with Crippen LogP contribution in [0, 0.1) is 18.7 Å². The van der Waals surface area contributed by atoms with E-state index in [2.05, 4.69) is 0 Å². The van der Waals surface area contributed by atoms with Crippen molar-refractivity contribution in [3.63, 3.8) is 0 Å². The Morgan fingerprint density at radius 1 is 1.30 bits per heavy atom. The number of nitrogens with zero attached hydrogens (tertiary/aromatic N) is 1. The molecule has 23 heavy (non-hydrogen) atoms. The number of halogens is 1. The predicted octanol–water partition coefficient (Wildman–Crippen LogP) is 3.17. The first-order valence-corrected chi connectivity index (χ1v) is 7.55. The van der Waals surface area contributed by atoms with Gasteiger partial charge in [-0.2, -0.15) is 0 Å². The van der Waals surface area contributed by atoms with Gasteiger partial charge >= 0.3 is 12.1 Å². The van der Waals surface area contributed by atoms with Gasteiger partial charge in [-0.1, -0.05) is 17.7 Å². The maximum Gasteiger partial charge on any atom is 0.410 e. The number of aliphatic carboxylic acids is 1. The van der Waals surface area contributed by atoms with Crippen molar-refractivity contribution in [2.24, 2.45) is 5.92 Å². The summed E-state index contributed by atoms with van der Waals surface area (Å²) in [5.41, 5.74) is 0.521. The Morgan fingerprint density at radius 3 is 2.52 bits per heavy atom. The molecule has 0 saturated carbocycles. The van der Waals surface area contributed by atoms with Crippen molar-refractivity contribution in [2.45, 2.75) is 39.2 Å². The first-order valence-electron chi connectivity index (χ1n) is 7.55. The molecule has 1 aromatic carbocycles. The topological polar surface area (TPSA) is 66.8 Å². The van der Waals surface area contributed by atoms with Gasteiger partial charge in [0.1, 0.15) is 11.4 Å². The zero-order valence-corrected chi connectivity index (χ0v) is 13.8. The van der Waals surface area contributed by atoms with Gasteiger partial charge in [-0.25, -0.2) is 9.18 Å². The second-order valence-electron chi connectivity index (χ2n) is 6.96. The largest absolute Gasteiger partial charge is 0.481 e. The molecule has 1 amide bonds. The van der Waals surface area contributed by atoms with Gasteiger partial charge in [0.25, 0.3) is 0 Å². The van der Waals surface area contributed by atoms with E-state index in [1.165, 1.54) is 11.0 Å². The molecule has 1 heterocycles. The van der Waals surface area contributed by atoms with Crippen molar-refractivity contribution in [1.82, 2.24) is 4.90 Å². The van der Waals surface area contributed by atoms with E-state index in [4.69, 9.17) is 4.74 Å². The third-order valence-electron chi connectivity index (χ3n) is 3.84. The van der Waals surface area contributed by atoms with Crippen LogP contribution in [-0.2, 0) is 9.53 Å². The SMILES string of the molecule is Cc1ccc(F)c(C2CN(C(=O)OC(C)(C)C)CC2C(=O)O)c1. The van der Waals surface area contributed by atoms with E-state index >= 15 is 0 Å². The maximum atomic E-state index is 14.1. The Labute approximate surface area is 135 Å². The fourth-order valence-corrected chi connectivity index (χ4v) is 2.79. The Kier molecular flexibility index (Phi) is 4.63. The average molecular weight is 323 g/mol. The molecule has 1 aromatic rings. The van der Waals surface area contributed by atoms with Gasteiger partial charge in [-0.3, -0.25) is 4.79 Å². The minimum absolute atomic E-state index is 0.0162. The molecule has 0 aromatic heterocycles. The number of likely N-dealkylation sites (tertiary alicyclic amines) is 1. The van der Waals surface area contributed by atoms with Crippen molar-refractivity contribution in [3.05, 3.63) is 35.1 Å². The number of carbonyl (C=O) groups is 2. The van der Waals surface area contributed by atoms with Gasteiger partial charge in [-0.15, -0.1) is 0 Å². The highest BCUT2D eigenvalue weighted by atomic mass is 19.1. The summed E-state index contributed by atoms with van der Waals surface area (Å²) in [5.74, 6) is -2.92. The van der Waals surface area contributed by atoms with Crippen LogP contribution in [-0.4, -0.2) is 40.8 Å². The van der Waals surface area contributed by atoms with Crippen molar-refractivity contribution in [1.29, 1.82) is 0 Å². The molecule has 2 rings (SSSR count). The highest BCUT2D eigenvalue weighted by Crippen LogP contribution is 2.35. The summed E-state index contributed by atoms with van der Waals surface area (Å²) in [6, 6.07) is 4.61. The number of rotatable bonds is 2. The summed E-state index contributed by atoms with van der Waals surface area (Å²) in [4.78, 5) is 25.1. The van der Waals surface area contributed by atoms with E-state index in [9.17, 15) is 19.1 Å². The Hall–Kier alpha value is -2.11. The van der Waals surface area contributed by atoms with Gasteiger partial charge in [0.05, 0.1) is 5.92 Å². The average Bonchev–Trinajstić information content (AvgIpc) is 2.85. The molecule has 1 aliphatic rings. The lowest BCUT2D eigenvalue weighted by Gasteiger charge is -2.24. The lowest BCUT2D eigenvalue weighted by Crippen LogP contribution is -2.35. The molecule has 126 valence electrons. The van der Waals surface area contributed by atoms with E-state index < -0.39 is 35.3 Å². The summed E-state index contributed by atoms with van der Waals surface area (Å²) in [6.07, 6.45) is -0.570. The van der Waals surface area contributed by atoms with Crippen molar-refractivity contribution >= 4 is 12.1 Å². The summed E-state index contributed by atoms with van der Waals surface area (Å²) < 4.78 is 19.4.